The van der Waals surface area contributed by atoms with E-state index in [1.807, 2.05) is 0 Å². The first-order chi connectivity index (χ1) is 5.46. The van der Waals surface area contributed by atoms with Gasteiger partial charge in [-0.25, -0.2) is 0 Å². The quantitative estimate of drug-likeness (QED) is 0.321. The minimum Gasteiger partial charge on any atom is -0.501 e. The van der Waals surface area contributed by atoms with Gasteiger partial charge in [0, 0.05) is 0 Å². The third-order valence-corrected chi connectivity index (χ3v) is 1.27. The number of hydrogen-bond donors (Lipinski definition) is 2. The molecule has 0 amide bonds. The number of rotatable bonds is 0. The predicted octanol–water partition coefficient (Wildman–Crippen LogP) is -3.41. The number of hydrogen-bond acceptors (Lipinski definition) is 6. The Labute approximate surface area is 69.1 Å². The molecule has 0 unspecified atom stereocenters. The van der Waals surface area contributed by atoms with Crippen LogP contribution in [0.1, 0.15) is 0 Å². The summed E-state index contributed by atoms with van der Waals surface area (Å²) < 4.78 is 0. The van der Waals surface area contributed by atoms with E-state index in [0.717, 1.165) is 0 Å². The van der Waals surface area contributed by atoms with Crippen LogP contribution in [0.25, 0.3) is 0 Å². The van der Waals surface area contributed by atoms with E-state index in [4.69, 9.17) is 10.2 Å². The summed E-state index contributed by atoms with van der Waals surface area (Å²) in [6.07, 6.45) is 0. The van der Waals surface area contributed by atoms with E-state index in [9.17, 15) is 19.2 Å². The molecule has 13 heavy (non-hydrogen) atoms. The van der Waals surface area contributed by atoms with Crippen molar-refractivity contribution in [1.82, 2.24) is 0 Å². The lowest BCUT2D eigenvalue weighted by Gasteiger charge is -1.88. The normalized spacial score (nSPS) is 9.23. The Morgan fingerprint density at radius 2 is 0.846 bits per heavy atom. The Balaban J connectivity index is 0.00000144. The molecule has 7 heteroatoms. The van der Waals surface area contributed by atoms with Gasteiger partial charge in [-0.3, -0.25) is 19.2 Å². The largest absolute Gasteiger partial charge is 0.501 e. The van der Waals surface area contributed by atoms with Gasteiger partial charge in [-0.05, 0) is 0 Å². The second-order valence-corrected chi connectivity index (χ2v) is 2.01. The SMILES string of the molecule is O.O=c1c(O)c(O)c(=O)c(=O)c1=O. The Kier molecular flexibility index (Phi) is 2.66. The minimum absolute atomic E-state index is 0. The topological polar surface area (TPSA) is 140 Å². The lowest BCUT2D eigenvalue weighted by molar-refractivity contribution is 0.395. The fourth-order valence-corrected chi connectivity index (χ4v) is 0.636. The molecule has 1 rings (SSSR count). The first-order valence-corrected chi connectivity index (χ1v) is 2.76. The summed E-state index contributed by atoms with van der Waals surface area (Å²) in [5.41, 5.74) is -6.38. The summed E-state index contributed by atoms with van der Waals surface area (Å²) in [7, 11) is 0. The number of phenolic OH excluding ortho intramolecular Hbond substituents is 2. The molecule has 0 atom stereocenters. The van der Waals surface area contributed by atoms with Crippen molar-refractivity contribution < 1.29 is 15.7 Å². The van der Waals surface area contributed by atoms with E-state index in [-0.39, 0.29) is 5.48 Å². The summed E-state index contributed by atoms with van der Waals surface area (Å²) in [5, 5.41) is 17.2. The molecule has 0 fully saturated rings. The molecular formula is C6H4O7. The number of benzene rings is 1. The van der Waals surface area contributed by atoms with Crippen LogP contribution in [0.15, 0.2) is 19.2 Å². The van der Waals surface area contributed by atoms with Crippen LogP contribution >= 0.6 is 0 Å². The molecule has 1 aromatic carbocycles. The average molecular weight is 188 g/mol. The Bertz CT molecular complexity index is 471. The zero-order chi connectivity index (χ0) is 9.46. The molecule has 1 aromatic rings. The summed E-state index contributed by atoms with van der Waals surface area (Å²) in [4.78, 5) is 41.9. The van der Waals surface area contributed by atoms with Gasteiger partial charge in [0.2, 0.25) is 11.5 Å². The van der Waals surface area contributed by atoms with Crippen molar-refractivity contribution in [3.63, 3.8) is 0 Å². The van der Waals surface area contributed by atoms with Crippen LogP contribution in [0.4, 0.5) is 0 Å². The monoisotopic (exact) mass is 188 g/mol. The zero-order valence-corrected chi connectivity index (χ0v) is 6.03. The number of phenols is 2. The van der Waals surface area contributed by atoms with Crippen molar-refractivity contribution in [2.45, 2.75) is 0 Å². The highest BCUT2D eigenvalue weighted by Crippen LogP contribution is 2.08. The molecule has 70 valence electrons. The summed E-state index contributed by atoms with van der Waals surface area (Å²) in [5.74, 6) is -2.74. The van der Waals surface area contributed by atoms with E-state index in [2.05, 4.69) is 0 Å². The van der Waals surface area contributed by atoms with Crippen LogP contribution < -0.4 is 21.7 Å². The van der Waals surface area contributed by atoms with Crippen LogP contribution in [-0.2, 0) is 0 Å². The molecule has 0 bridgehead atoms. The van der Waals surface area contributed by atoms with Crippen molar-refractivity contribution >= 4 is 0 Å². The van der Waals surface area contributed by atoms with Gasteiger partial charge in [-0.1, -0.05) is 0 Å². The van der Waals surface area contributed by atoms with Crippen LogP contribution in [0.5, 0.6) is 11.5 Å². The Morgan fingerprint density at radius 3 is 1.08 bits per heavy atom. The molecule has 0 saturated carbocycles. The smallest absolute Gasteiger partial charge is 0.281 e. The second kappa shape index (κ2) is 3.15. The van der Waals surface area contributed by atoms with E-state index >= 15 is 0 Å². The first kappa shape index (κ1) is 11.0. The molecular weight excluding hydrogens is 184 g/mol. The van der Waals surface area contributed by atoms with Gasteiger partial charge >= 0.3 is 0 Å². The first-order valence-electron chi connectivity index (χ1n) is 2.76. The second-order valence-electron chi connectivity index (χ2n) is 2.01. The van der Waals surface area contributed by atoms with Crippen LogP contribution in [0.3, 0.4) is 0 Å². The minimum atomic E-state index is -1.63. The van der Waals surface area contributed by atoms with E-state index in [1.165, 1.54) is 0 Å². The molecule has 0 aliphatic heterocycles. The maximum absolute atomic E-state index is 10.5. The molecule has 0 radical (unpaired) electrons. The van der Waals surface area contributed by atoms with Crippen molar-refractivity contribution in [1.29, 1.82) is 0 Å². The fraction of sp³-hybridized carbons (Fsp3) is 0. The van der Waals surface area contributed by atoms with Crippen LogP contribution in [0, 0.1) is 0 Å². The highest BCUT2D eigenvalue weighted by Gasteiger charge is 2.16. The molecule has 0 saturated heterocycles. The molecule has 0 heterocycles. The maximum Gasteiger partial charge on any atom is 0.281 e. The van der Waals surface area contributed by atoms with Gasteiger partial charge < -0.3 is 15.7 Å². The summed E-state index contributed by atoms with van der Waals surface area (Å²) in [6.45, 7) is 0. The van der Waals surface area contributed by atoms with Crippen molar-refractivity contribution in [3.05, 3.63) is 40.9 Å². The van der Waals surface area contributed by atoms with Crippen molar-refractivity contribution in [2.24, 2.45) is 0 Å². The van der Waals surface area contributed by atoms with Gasteiger partial charge in [0.25, 0.3) is 21.7 Å². The van der Waals surface area contributed by atoms with Crippen molar-refractivity contribution in [2.75, 3.05) is 0 Å². The highest BCUT2D eigenvalue weighted by molar-refractivity contribution is 5.36. The van der Waals surface area contributed by atoms with Gasteiger partial charge in [-0.2, -0.15) is 0 Å². The molecule has 7 nitrogen and oxygen atoms in total. The average Bonchev–Trinajstić information content (AvgIpc) is 2.08. The van der Waals surface area contributed by atoms with E-state index in [1.54, 1.807) is 0 Å². The van der Waals surface area contributed by atoms with Gasteiger partial charge in [0.15, 0.2) is 0 Å². The summed E-state index contributed by atoms with van der Waals surface area (Å²) in [6, 6.07) is 0. The predicted molar refractivity (Wildman–Crippen MR) is 40.8 cm³/mol. The lowest BCUT2D eigenvalue weighted by atomic mass is 10.3. The van der Waals surface area contributed by atoms with E-state index < -0.39 is 33.2 Å². The summed E-state index contributed by atoms with van der Waals surface area (Å²) >= 11 is 0. The zero-order valence-electron chi connectivity index (χ0n) is 6.03. The lowest BCUT2D eigenvalue weighted by Crippen LogP contribution is -2.45. The van der Waals surface area contributed by atoms with E-state index in [0.29, 0.717) is 0 Å². The molecule has 0 aromatic heterocycles. The Morgan fingerprint density at radius 1 is 0.615 bits per heavy atom. The van der Waals surface area contributed by atoms with Gasteiger partial charge in [0.1, 0.15) is 0 Å². The molecule has 4 N–H and O–H groups in total. The third-order valence-electron chi connectivity index (χ3n) is 1.27. The molecule has 0 aliphatic carbocycles. The standard InChI is InChI=1S/C6H2O6.H2O/c7-1-2(8)4(10)6(12)5(11)3(1)9;/h7-8H;1H2. The highest BCUT2D eigenvalue weighted by atomic mass is 16.3. The van der Waals surface area contributed by atoms with Crippen LogP contribution in [0.2, 0.25) is 0 Å². The van der Waals surface area contributed by atoms with Gasteiger partial charge in [-0.15, -0.1) is 0 Å². The van der Waals surface area contributed by atoms with Crippen molar-refractivity contribution in [3.8, 4) is 11.5 Å². The number of aromatic hydroxyl groups is 2. The Hall–Kier alpha value is -2.02. The fourth-order valence-electron chi connectivity index (χ4n) is 0.636. The van der Waals surface area contributed by atoms with Crippen LogP contribution in [-0.4, -0.2) is 15.7 Å². The molecule has 0 aliphatic rings. The third kappa shape index (κ3) is 1.32. The molecule has 0 spiro atoms. The van der Waals surface area contributed by atoms with Gasteiger partial charge in [0.05, 0.1) is 0 Å². The maximum atomic E-state index is 10.5.